The summed E-state index contributed by atoms with van der Waals surface area (Å²) in [7, 11) is 0. The second-order valence-corrected chi connectivity index (χ2v) is 6.29. The molecule has 27 heavy (non-hydrogen) atoms. The van der Waals surface area contributed by atoms with E-state index in [0.29, 0.717) is 43.1 Å². The van der Waals surface area contributed by atoms with Gasteiger partial charge in [0, 0.05) is 13.1 Å². The van der Waals surface area contributed by atoms with Crippen LogP contribution in [0.25, 0.3) is 0 Å². The van der Waals surface area contributed by atoms with Gasteiger partial charge in [-0.3, -0.25) is 9.59 Å². The third kappa shape index (κ3) is 4.78. The van der Waals surface area contributed by atoms with Gasteiger partial charge in [-0.25, -0.2) is 0 Å². The minimum atomic E-state index is -0.636. The zero-order valence-corrected chi connectivity index (χ0v) is 16.0. The largest absolute Gasteiger partial charge is 0.478 e. The molecule has 0 spiro atoms. The van der Waals surface area contributed by atoms with Gasteiger partial charge in [0.1, 0.15) is 0 Å². The molecule has 0 radical (unpaired) electrons. The summed E-state index contributed by atoms with van der Waals surface area (Å²) in [5, 5.41) is 2.78. The number of anilines is 1. The van der Waals surface area contributed by atoms with E-state index in [2.05, 4.69) is 5.32 Å². The Labute approximate surface area is 165 Å². The molecule has 0 saturated heterocycles. The summed E-state index contributed by atoms with van der Waals surface area (Å²) in [6.07, 6.45) is 0.0739. The molecule has 0 aromatic heterocycles. The minimum Gasteiger partial charge on any atom is -0.478 e. The van der Waals surface area contributed by atoms with Crippen molar-refractivity contribution in [3.63, 3.8) is 0 Å². The van der Waals surface area contributed by atoms with Gasteiger partial charge in [0.05, 0.1) is 11.3 Å². The lowest BCUT2D eigenvalue weighted by atomic mass is 10.1. The van der Waals surface area contributed by atoms with Crippen molar-refractivity contribution in [2.75, 3.05) is 18.4 Å². The van der Waals surface area contributed by atoms with Crippen molar-refractivity contribution in [3.05, 3.63) is 59.7 Å². The second kappa shape index (κ2) is 9.39. The van der Waals surface area contributed by atoms with Gasteiger partial charge in [-0.2, -0.15) is 0 Å². The van der Waals surface area contributed by atoms with Crippen LogP contribution in [0, 0.1) is 0 Å². The van der Waals surface area contributed by atoms with E-state index in [1.54, 1.807) is 30.0 Å². The first kappa shape index (κ1) is 20.7. The first-order valence-corrected chi connectivity index (χ1v) is 8.74. The number of carbonyl (C=O) groups excluding carboxylic acids is 2. The highest BCUT2D eigenvalue weighted by molar-refractivity contribution is 6.04. The highest BCUT2D eigenvalue weighted by Crippen LogP contribution is 2.34. The summed E-state index contributed by atoms with van der Waals surface area (Å²) < 4.78 is 5.72. The molecule has 0 fully saturated rings. The monoisotopic (exact) mass is 389 g/mol. The molecule has 7 heteroatoms. The second-order valence-electron chi connectivity index (χ2n) is 6.29. The van der Waals surface area contributed by atoms with Crippen molar-refractivity contribution < 1.29 is 14.3 Å². The third-order valence-corrected chi connectivity index (χ3v) is 4.30. The molecule has 1 atom stereocenters. The van der Waals surface area contributed by atoms with Crippen LogP contribution in [0.3, 0.4) is 0 Å². The molecule has 2 aromatic rings. The van der Waals surface area contributed by atoms with Crippen LogP contribution < -0.4 is 15.8 Å². The molecular weight excluding hydrogens is 366 g/mol. The SMILES string of the molecule is CC1Oc2c(cccc2C(=O)N(CCCN)Cc2ccccc2)NC1=O.Cl. The highest BCUT2D eigenvalue weighted by Gasteiger charge is 2.29. The molecule has 1 aliphatic heterocycles. The lowest BCUT2D eigenvalue weighted by Gasteiger charge is -2.28. The molecule has 3 rings (SSSR count). The summed E-state index contributed by atoms with van der Waals surface area (Å²) in [6, 6.07) is 15.0. The van der Waals surface area contributed by atoms with Crippen LogP contribution in [0.4, 0.5) is 5.69 Å². The van der Waals surface area contributed by atoms with Gasteiger partial charge in [-0.1, -0.05) is 36.4 Å². The maximum absolute atomic E-state index is 13.2. The predicted octanol–water partition coefficient (Wildman–Crippen LogP) is 2.82. The number of benzene rings is 2. The first-order valence-electron chi connectivity index (χ1n) is 8.74. The van der Waals surface area contributed by atoms with Gasteiger partial charge in [0.15, 0.2) is 11.9 Å². The molecule has 3 N–H and O–H groups in total. The standard InChI is InChI=1S/C20H23N3O3.ClH/c1-14-19(24)22-17-10-5-9-16(18(17)26-14)20(25)23(12-6-11-21)13-15-7-3-2-4-8-15;/h2-5,7-10,14H,6,11-13,21H2,1H3,(H,22,24);1H. The number of ether oxygens (including phenoxy) is 1. The molecule has 0 saturated carbocycles. The number of nitrogens with zero attached hydrogens (tertiary/aromatic N) is 1. The van der Waals surface area contributed by atoms with Crippen molar-refractivity contribution in [1.29, 1.82) is 0 Å². The summed E-state index contributed by atoms with van der Waals surface area (Å²) in [5.74, 6) is 0.0734. The number of hydrogen-bond donors (Lipinski definition) is 2. The first-order chi connectivity index (χ1) is 12.6. The molecule has 0 bridgehead atoms. The van der Waals surface area contributed by atoms with E-state index in [0.717, 1.165) is 5.56 Å². The average molecular weight is 390 g/mol. The number of fused-ring (bicyclic) bond motifs is 1. The number of para-hydroxylation sites is 1. The molecule has 2 amide bonds. The van der Waals surface area contributed by atoms with Crippen molar-refractivity contribution in [1.82, 2.24) is 4.90 Å². The van der Waals surface area contributed by atoms with E-state index in [1.165, 1.54) is 0 Å². The van der Waals surface area contributed by atoms with Crippen LogP contribution in [-0.2, 0) is 11.3 Å². The van der Waals surface area contributed by atoms with Crippen LogP contribution in [0.15, 0.2) is 48.5 Å². The van der Waals surface area contributed by atoms with E-state index in [4.69, 9.17) is 10.5 Å². The Morgan fingerprint density at radius 3 is 2.63 bits per heavy atom. The van der Waals surface area contributed by atoms with E-state index in [1.807, 2.05) is 30.3 Å². The van der Waals surface area contributed by atoms with Gasteiger partial charge < -0.3 is 20.7 Å². The zero-order valence-electron chi connectivity index (χ0n) is 15.2. The van der Waals surface area contributed by atoms with E-state index in [9.17, 15) is 9.59 Å². The Hall–Kier alpha value is -2.57. The van der Waals surface area contributed by atoms with Gasteiger partial charge in [0.25, 0.3) is 11.8 Å². The maximum atomic E-state index is 13.2. The lowest BCUT2D eigenvalue weighted by molar-refractivity contribution is -0.122. The van der Waals surface area contributed by atoms with Gasteiger partial charge in [0.2, 0.25) is 0 Å². The summed E-state index contributed by atoms with van der Waals surface area (Å²) in [6.45, 7) is 3.21. The number of nitrogens with two attached hydrogens (primary N) is 1. The number of nitrogens with one attached hydrogen (secondary N) is 1. The number of rotatable bonds is 6. The van der Waals surface area contributed by atoms with Crippen molar-refractivity contribution in [2.24, 2.45) is 5.73 Å². The smallest absolute Gasteiger partial charge is 0.265 e. The van der Waals surface area contributed by atoms with E-state index < -0.39 is 6.10 Å². The zero-order chi connectivity index (χ0) is 18.5. The van der Waals surface area contributed by atoms with Gasteiger partial charge in [-0.15, -0.1) is 12.4 Å². The van der Waals surface area contributed by atoms with Gasteiger partial charge in [-0.05, 0) is 37.6 Å². The minimum absolute atomic E-state index is 0. The Balaban J connectivity index is 0.00000261. The van der Waals surface area contributed by atoms with Crippen LogP contribution in [0.1, 0.15) is 29.3 Å². The van der Waals surface area contributed by atoms with E-state index >= 15 is 0 Å². The van der Waals surface area contributed by atoms with Gasteiger partial charge >= 0.3 is 0 Å². The molecule has 2 aromatic carbocycles. The predicted molar refractivity (Wildman–Crippen MR) is 107 cm³/mol. The fourth-order valence-electron chi connectivity index (χ4n) is 2.90. The molecule has 144 valence electrons. The third-order valence-electron chi connectivity index (χ3n) is 4.30. The summed E-state index contributed by atoms with van der Waals surface area (Å²) in [5.41, 5.74) is 7.66. The lowest BCUT2D eigenvalue weighted by Crippen LogP contribution is -2.37. The van der Waals surface area contributed by atoms with Crippen molar-refractivity contribution in [2.45, 2.75) is 26.0 Å². The molecule has 1 heterocycles. The normalized spacial score (nSPS) is 15.0. The van der Waals surface area contributed by atoms with E-state index in [-0.39, 0.29) is 24.2 Å². The number of hydrogen-bond acceptors (Lipinski definition) is 4. The Kier molecular flexibility index (Phi) is 7.21. The molecular formula is C20H24ClN3O3. The fraction of sp³-hybridized carbons (Fsp3) is 0.300. The summed E-state index contributed by atoms with van der Waals surface area (Å²) >= 11 is 0. The Bertz CT molecular complexity index is 798. The number of halogens is 1. The van der Waals surface area contributed by atoms with Crippen LogP contribution in [0.2, 0.25) is 0 Å². The fourth-order valence-corrected chi connectivity index (χ4v) is 2.90. The molecule has 6 nitrogen and oxygen atoms in total. The van der Waals surface area contributed by atoms with Crippen LogP contribution in [-0.4, -0.2) is 35.9 Å². The molecule has 1 unspecified atom stereocenters. The quantitative estimate of drug-likeness (QED) is 0.795. The number of carbonyl (C=O) groups is 2. The summed E-state index contributed by atoms with van der Waals surface area (Å²) in [4.78, 5) is 26.8. The van der Waals surface area contributed by atoms with Crippen LogP contribution in [0.5, 0.6) is 5.75 Å². The Morgan fingerprint density at radius 2 is 1.93 bits per heavy atom. The number of amides is 2. The topological polar surface area (TPSA) is 84.7 Å². The average Bonchev–Trinajstić information content (AvgIpc) is 2.66. The maximum Gasteiger partial charge on any atom is 0.265 e. The van der Waals surface area contributed by atoms with Crippen LogP contribution >= 0.6 is 12.4 Å². The molecule has 1 aliphatic rings. The Morgan fingerprint density at radius 1 is 1.19 bits per heavy atom. The molecule has 0 aliphatic carbocycles. The highest BCUT2D eigenvalue weighted by atomic mass is 35.5. The van der Waals surface area contributed by atoms with Crippen molar-refractivity contribution in [3.8, 4) is 5.75 Å². The van der Waals surface area contributed by atoms with Crippen molar-refractivity contribution >= 4 is 29.9 Å².